The maximum atomic E-state index is 13.2. The number of benzene rings is 1. The summed E-state index contributed by atoms with van der Waals surface area (Å²) in [5, 5.41) is 15.6. The maximum Gasteiger partial charge on any atom is 0.279 e. The number of nitrogens with zero attached hydrogens (tertiary/aromatic N) is 4. The SMILES string of the molecule is CCCc1nn(C)c2c(=O)n(CCOc3ccc(C[C@H](OCC)C(=O)[O-])cc3)c(CC)nc12. The van der Waals surface area contributed by atoms with Crippen molar-refractivity contribution in [1.82, 2.24) is 19.3 Å². The Bertz CT molecular complexity index is 1150. The first-order valence-electron chi connectivity index (χ1n) is 11.4. The molecule has 0 amide bonds. The molecular weight excluding hydrogens is 424 g/mol. The van der Waals surface area contributed by atoms with Crippen LogP contribution in [0.1, 0.15) is 44.3 Å². The Morgan fingerprint density at radius 2 is 1.91 bits per heavy atom. The van der Waals surface area contributed by atoms with Crippen LogP contribution in [0.5, 0.6) is 5.75 Å². The highest BCUT2D eigenvalue weighted by molar-refractivity contribution is 5.76. The molecule has 2 heterocycles. The maximum absolute atomic E-state index is 13.2. The van der Waals surface area contributed by atoms with Gasteiger partial charge in [0.05, 0.1) is 18.2 Å². The Hall–Kier alpha value is -3.20. The lowest BCUT2D eigenvalue weighted by Gasteiger charge is -2.18. The topological polar surface area (TPSA) is 111 Å². The van der Waals surface area contributed by atoms with Gasteiger partial charge in [-0.1, -0.05) is 32.4 Å². The van der Waals surface area contributed by atoms with E-state index in [1.54, 1.807) is 47.5 Å². The van der Waals surface area contributed by atoms with Gasteiger partial charge in [0.25, 0.3) is 5.56 Å². The van der Waals surface area contributed by atoms with Crippen molar-refractivity contribution in [2.24, 2.45) is 7.05 Å². The molecule has 3 aromatic rings. The molecule has 178 valence electrons. The van der Waals surface area contributed by atoms with Gasteiger partial charge < -0.3 is 19.4 Å². The average Bonchev–Trinajstić information content (AvgIpc) is 3.11. The number of aliphatic carboxylic acids is 1. The van der Waals surface area contributed by atoms with Crippen LogP contribution in [-0.4, -0.2) is 44.6 Å². The molecule has 0 aliphatic rings. The molecule has 0 spiro atoms. The number of hydrogen-bond acceptors (Lipinski definition) is 7. The number of carbonyl (C=O) groups excluding carboxylic acids is 1. The first-order valence-corrected chi connectivity index (χ1v) is 11.4. The fourth-order valence-electron chi connectivity index (χ4n) is 3.87. The molecule has 33 heavy (non-hydrogen) atoms. The molecule has 3 rings (SSSR count). The highest BCUT2D eigenvalue weighted by atomic mass is 16.5. The Balaban J connectivity index is 1.71. The number of carboxylic acid groups (broad SMARTS) is 1. The van der Waals surface area contributed by atoms with Crippen molar-refractivity contribution in [3.63, 3.8) is 0 Å². The Labute approximate surface area is 193 Å². The minimum absolute atomic E-state index is 0.114. The van der Waals surface area contributed by atoms with Crippen molar-refractivity contribution in [3.05, 3.63) is 51.7 Å². The zero-order chi connectivity index (χ0) is 24.0. The smallest absolute Gasteiger partial charge is 0.279 e. The third-order valence-electron chi connectivity index (χ3n) is 5.45. The van der Waals surface area contributed by atoms with E-state index in [1.165, 1.54) is 0 Å². The summed E-state index contributed by atoms with van der Waals surface area (Å²) in [6.07, 6.45) is 1.59. The molecule has 0 unspecified atom stereocenters. The lowest BCUT2D eigenvalue weighted by atomic mass is 10.1. The second-order valence-electron chi connectivity index (χ2n) is 7.82. The highest BCUT2D eigenvalue weighted by Crippen LogP contribution is 2.17. The number of carbonyl (C=O) groups is 1. The molecule has 1 atom stereocenters. The first kappa shape index (κ1) is 24.4. The molecule has 0 fully saturated rings. The largest absolute Gasteiger partial charge is 0.547 e. The molecule has 0 N–H and O–H groups in total. The lowest BCUT2D eigenvalue weighted by molar-refractivity contribution is -0.316. The van der Waals surface area contributed by atoms with Crippen LogP contribution < -0.4 is 15.4 Å². The highest BCUT2D eigenvalue weighted by Gasteiger charge is 2.18. The van der Waals surface area contributed by atoms with Crippen LogP contribution in [0.2, 0.25) is 0 Å². The lowest BCUT2D eigenvalue weighted by Crippen LogP contribution is -2.39. The summed E-state index contributed by atoms with van der Waals surface area (Å²) in [7, 11) is 1.77. The summed E-state index contributed by atoms with van der Waals surface area (Å²) in [4.78, 5) is 29.1. The molecule has 0 bridgehead atoms. The Morgan fingerprint density at radius 3 is 2.52 bits per heavy atom. The quantitative estimate of drug-likeness (QED) is 0.406. The number of aromatic nitrogens is 4. The number of ether oxygens (including phenoxy) is 2. The van der Waals surface area contributed by atoms with Crippen LogP contribution in [-0.2, 0) is 42.4 Å². The van der Waals surface area contributed by atoms with E-state index in [0.717, 1.165) is 24.1 Å². The summed E-state index contributed by atoms with van der Waals surface area (Å²) in [6.45, 7) is 6.75. The summed E-state index contributed by atoms with van der Waals surface area (Å²) >= 11 is 0. The number of rotatable bonds is 12. The van der Waals surface area contributed by atoms with Crippen LogP contribution in [0, 0.1) is 0 Å². The second kappa shape index (κ2) is 11.1. The van der Waals surface area contributed by atoms with Crippen molar-refractivity contribution in [2.45, 2.75) is 59.1 Å². The number of aryl methyl sites for hydroxylation is 3. The minimum Gasteiger partial charge on any atom is -0.547 e. The van der Waals surface area contributed by atoms with Crippen molar-refractivity contribution >= 4 is 17.0 Å². The van der Waals surface area contributed by atoms with Gasteiger partial charge in [-0.2, -0.15) is 5.10 Å². The van der Waals surface area contributed by atoms with Crippen LogP contribution in [0.3, 0.4) is 0 Å². The predicted molar refractivity (Wildman–Crippen MR) is 122 cm³/mol. The van der Waals surface area contributed by atoms with Crippen LogP contribution >= 0.6 is 0 Å². The third-order valence-corrected chi connectivity index (χ3v) is 5.45. The van der Waals surface area contributed by atoms with Crippen LogP contribution in [0.4, 0.5) is 0 Å². The van der Waals surface area contributed by atoms with E-state index >= 15 is 0 Å². The molecule has 0 radical (unpaired) electrons. The van der Waals surface area contributed by atoms with Gasteiger partial charge in [-0.3, -0.25) is 14.0 Å². The van der Waals surface area contributed by atoms with Gasteiger partial charge in [0.2, 0.25) is 0 Å². The first-order chi connectivity index (χ1) is 15.9. The van der Waals surface area contributed by atoms with Crippen molar-refractivity contribution in [3.8, 4) is 5.75 Å². The standard InChI is InChI=1S/C24H32N4O5/c1-5-8-18-21-22(27(4)26-18)23(29)28(20(6-2)25-21)13-14-33-17-11-9-16(10-12-17)15-19(24(30)31)32-7-3/h9-12,19H,5-8,13-15H2,1-4H3,(H,30,31)/p-1/t19-/m0/s1. The fraction of sp³-hybridized carbons (Fsp3) is 0.500. The normalized spacial score (nSPS) is 12.2. The number of fused-ring (bicyclic) bond motifs is 1. The second-order valence-corrected chi connectivity index (χ2v) is 7.82. The molecule has 9 nitrogen and oxygen atoms in total. The summed E-state index contributed by atoms with van der Waals surface area (Å²) in [6, 6.07) is 7.15. The van der Waals surface area contributed by atoms with Crippen molar-refractivity contribution < 1.29 is 19.4 Å². The molecule has 2 aromatic heterocycles. The van der Waals surface area contributed by atoms with Gasteiger partial charge in [-0.25, -0.2) is 4.98 Å². The van der Waals surface area contributed by atoms with E-state index in [4.69, 9.17) is 14.5 Å². The van der Waals surface area contributed by atoms with E-state index in [9.17, 15) is 14.7 Å². The van der Waals surface area contributed by atoms with Gasteiger partial charge in [0, 0.05) is 26.5 Å². The Kier molecular flexibility index (Phi) is 8.21. The average molecular weight is 456 g/mol. The fourth-order valence-corrected chi connectivity index (χ4v) is 3.87. The Morgan fingerprint density at radius 1 is 1.18 bits per heavy atom. The van der Waals surface area contributed by atoms with Gasteiger partial charge in [-0.05, 0) is 31.0 Å². The molecule has 0 saturated heterocycles. The molecular formula is C24H31N4O5-. The van der Waals surface area contributed by atoms with Gasteiger partial charge >= 0.3 is 0 Å². The zero-order valence-electron chi connectivity index (χ0n) is 19.7. The van der Waals surface area contributed by atoms with E-state index in [1.807, 2.05) is 6.92 Å². The minimum atomic E-state index is -1.23. The van der Waals surface area contributed by atoms with Crippen LogP contribution in [0.15, 0.2) is 29.1 Å². The van der Waals surface area contributed by atoms with Gasteiger partial charge in [-0.15, -0.1) is 0 Å². The van der Waals surface area contributed by atoms with Gasteiger partial charge in [0.15, 0.2) is 5.52 Å². The zero-order valence-corrected chi connectivity index (χ0v) is 19.7. The summed E-state index contributed by atoms with van der Waals surface area (Å²) in [5.41, 5.74) is 2.75. The molecule has 1 aromatic carbocycles. The summed E-state index contributed by atoms with van der Waals surface area (Å²) in [5.74, 6) is 0.113. The van der Waals surface area contributed by atoms with Crippen molar-refractivity contribution in [1.29, 1.82) is 0 Å². The third kappa shape index (κ3) is 5.60. The van der Waals surface area contributed by atoms with E-state index in [0.29, 0.717) is 48.8 Å². The van der Waals surface area contributed by atoms with Crippen molar-refractivity contribution in [2.75, 3.05) is 13.2 Å². The van der Waals surface area contributed by atoms with Crippen LogP contribution in [0.25, 0.3) is 11.0 Å². The monoisotopic (exact) mass is 455 g/mol. The number of hydrogen-bond donors (Lipinski definition) is 0. The van der Waals surface area contributed by atoms with E-state index < -0.39 is 12.1 Å². The molecule has 0 aliphatic carbocycles. The van der Waals surface area contributed by atoms with Gasteiger partial charge in [0.1, 0.15) is 29.8 Å². The molecule has 0 saturated carbocycles. The van der Waals surface area contributed by atoms with E-state index in [2.05, 4.69) is 12.0 Å². The predicted octanol–water partition coefficient (Wildman–Crippen LogP) is 1.42. The molecule has 0 aliphatic heterocycles. The van der Waals surface area contributed by atoms with E-state index in [-0.39, 0.29) is 12.0 Å². The number of carboxylic acids is 1. The summed E-state index contributed by atoms with van der Waals surface area (Å²) < 4.78 is 14.3. The molecule has 9 heteroatoms.